The fourth-order valence-electron chi connectivity index (χ4n) is 1.82. The monoisotopic (exact) mass is 336 g/mol. The summed E-state index contributed by atoms with van der Waals surface area (Å²) in [7, 11) is -2.09. The van der Waals surface area contributed by atoms with Crippen molar-refractivity contribution in [2.24, 2.45) is 0 Å². The first-order valence-electron chi connectivity index (χ1n) is 7.02. The fourth-order valence-corrected chi connectivity index (χ4v) is 2.82. The van der Waals surface area contributed by atoms with Crippen molar-refractivity contribution in [3.05, 3.63) is 30.3 Å². The van der Waals surface area contributed by atoms with Gasteiger partial charge >= 0.3 is 0 Å². The van der Waals surface area contributed by atoms with Crippen LogP contribution >= 0.6 is 0 Å². The zero-order valence-corrected chi connectivity index (χ0v) is 14.0. The number of nitrogen functional groups attached to an aromatic ring is 1. The molecule has 0 aliphatic carbocycles. The number of anilines is 4. The number of nitrogens with two attached hydrogens (primary N) is 1. The zero-order valence-electron chi connectivity index (χ0n) is 13.2. The molecule has 0 saturated heterocycles. The smallest absolute Gasteiger partial charge is 0.263 e. The minimum absolute atomic E-state index is 0.106. The average Bonchev–Trinajstić information content (AvgIpc) is 2.46. The van der Waals surface area contributed by atoms with Crippen LogP contribution in [0.1, 0.15) is 13.8 Å². The predicted octanol–water partition coefficient (Wildman–Crippen LogP) is 1.72. The van der Waals surface area contributed by atoms with Gasteiger partial charge in [0.1, 0.15) is 11.6 Å². The van der Waals surface area contributed by atoms with Crippen LogP contribution in [0.5, 0.6) is 0 Å². The Morgan fingerprint density at radius 1 is 1.09 bits per heavy atom. The summed E-state index contributed by atoms with van der Waals surface area (Å²) in [6.07, 6.45) is 0. The summed E-state index contributed by atoms with van der Waals surface area (Å²) in [6, 6.07) is 7.61. The van der Waals surface area contributed by atoms with Crippen LogP contribution in [0.2, 0.25) is 0 Å². The maximum Gasteiger partial charge on any atom is 0.263 e. The van der Waals surface area contributed by atoms with Gasteiger partial charge in [0.25, 0.3) is 10.0 Å². The maximum atomic E-state index is 12.4. The minimum Gasteiger partial charge on any atom is -0.399 e. The van der Waals surface area contributed by atoms with Gasteiger partial charge in [0.05, 0.1) is 4.90 Å². The van der Waals surface area contributed by atoms with Gasteiger partial charge in [0.15, 0.2) is 0 Å². The van der Waals surface area contributed by atoms with E-state index >= 15 is 0 Å². The van der Waals surface area contributed by atoms with Crippen molar-refractivity contribution in [1.29, 1.82) is 0 Å². The van der Waals surface area contributed by atoms with Gasteiger partial charge in [-0.2, -0.15) is 9.97 Å². The molecular weight excluding hydrogens is 316 g/mol. The van der Waals surface area contributed by atoms with Gasteiger partial charge in [-0.25, -0.2) is 8.42 Å². The maximum absolute atomic E-state index is 12.4. The highest BCUT2D eigenvalue weighted by Gasteiger charge is 2.16. The highest BCUT2D eigenvalue weighted by atomic mass is 32.2. The molecule has 23 heavy (non-hydrogen) atoms. The molecule has 0 saturated carbocycles. The molecule has 0 aliphatic rings. The van der Waals surface area contributed by atoms with E-state index in [1.165, 1.54) is 30.3 Å². The number of nitrogens with one attached hydrogen (secondary N) is 3. The molecule has 0 spiro atoms. The van der Waals surface area contributed by atoms with E-state index in [0.29, 0.717) is 17.5 Å². The Morgan fingerprint density at radius 2 is 1.70 bits per heavy atom. The Kier molecular flexibility index (Phi) is 4.89. The van der Waals surface area contributed by atoms with Gasteiger partial charge in [0, 0.05) is 24.8 Å². The van der Waals surface area contributed by atoms with E-state index in [9.17, 15) is 8.42 Å². The second kappa shape index (κ2) is 6.69. The highest BCUT2D eigenvalue weighted by Crippen LogP contribution is 2.19. The van der Waals surface area contributed by atoms with Crippen molar-refractivity contribution in [2.45, 2.75) is 24.8 Å². The van der Waals surface area contributed by atoms with Crippen LogP contribution in [0, 0.1) is 0 Å². The van der Waals surface area contributed by atoms with E-state index in [-0.39, 0.29) is 16.8 Å². The van der Waals surface area contributed by atoms with Crippen LogP contribution in [-0.2, 0) is 10.0 Å². The number of aromatic nitrogens is 2. The second-order valence-electron chi connectivity index (χ2n) is 5.19. The molecule has 9 heteroatoms. The topological polar surface area (TPSA) is 122 Å². The van der Waals surface area contributed by atoms with E-state index in [1.54, 1.807) is 7.05 Å². The lowest BCUT2D eigenvalue weighted by molar-refractivity contribution is 0.601. The molecule has 0 unspecified atom stereocenters. The van der Waals surface area contributed by atoms with Crippen molar-refractivity contribution in [2.75, 3.05) is 28.1 Å². The summed E-state index contributed by atoms with van der Waals surface area (Å²) >= 11 is 0. The first-order chi connectivity index (χ1) is 10.8. The van der Waals surface area contributed by atoms with Crippen LogP contribution in [-0.4, -0.2) is 31.5 Å². The average molecular weight is 336 g/mol. The van der Waals surface area contributed by atoms with E-state index < -0.39 is 10.0 Å². The molecular formula is C14H20N6O2S. The number of rotatable bonds is 6. The Labute approximate surface area is 135 Å². The first kappa shape index (κ1) is 16.8. The fraction of sp³-hybridized carbons (Fsp3) is 0.286. The molecule has 0 atom stereocenters. The Hall–Kier alpha value is -2.55. The second-order valence-corrected chi connectivity index (χ2v) is 6.87. The van der Waals surface area contributed by atoms with Crippen molar-refractivity contribution in [3.63, 3.8) is 0 Å². The Balaban J connectivity index is 2.32. The summed E-state index contributed by atoms with van der Waals surface area (Å²) in [5.41, 5.74) is 6.07. The van der Waals surface area contributed by atoms with Gasteiger partial charge in [-0.3, -0.25) is 4.72 Å². The SMILES string of the molecule is CNc1nc(NC(C)C)cc(NS(=O)(=O)c2ccc(N)cc2)n1. The van der Waals surface area contributed by atoms with E-state index in [1.807, 2.05) is 13.8 Å². The van der Waals surface area contributed by atoms with Gasteiger partial charge in [0.2, 0.25) is 5.95 Å². The summed E-state index contributed by atoms with van der Waals surface area (Å²) in [6.45, 7) is 3.92. The quantitative estimate of drug-likeness (QED) is 0.592. The van der Waals surface area contributed by atoms with E-state index in [4.69, 9.17) is 5.73 Å². The normalized spacial score (nSPS) is 11.3. The number of benzene rings is 1. The lowest BCUT2D eigenvalue weighted by Crippen LogP contribution is -2.17. The third kappa shape index (κ3) is 4.46. The van der Waals surface area contributed by atoms with Gasteiger partial charge in [-0.1, -0.05) is 0 Å². The molecule has 1 aromatic heterocycles. The molecule has 0 bridgehead atoms. The van der Waals surface area contributed by atoms with Crippen LogP contribution in [0.3, 0.4) is 0 Å². The molecule has 2 aromatic rings. The molecule has 0 fully saturated rings. The van der Waals surface area contributed by atoms with E-state index in [0.717, 1.165) is 0 Å². The zero-order chi connectivity index (χ0) is 17.0. The summed E-state index contributed by atoms with van der Waals surface area (Å²) in [4.78, 5) is 8.44. The molecule has 5 N–H and O–H groups in total. The van der Waals surface area contributed by atoms with Crippen LogP contribution in [0.4, 0.5) is 23.3 Å². The molecule has 0 radical (unpaired) electrons. The Morgan fingerprint density at radius 3 is 2.26 bits per heavy atom. The summed E-state index contributed by atoms with van der Waals surface area (Å²) in [5, 5.41) is 5.91. The van der Waals surface area contributed by atoms with Gasteiger partial charge < -0.3 is 16.4 Å². The van der Waals surface area contributed by atoms with Crippen LogP contribution in [0.25, 0.3) is 0 Å². The number of nitrogens with zero attached hydrogens (tertiary/aromatic N) is 2. The molecule has 0 aliphatic heterocycles. The molecule has 1 heterocycles. The Bertz CT molecular complexity index is 774. The third-order valence-electron chi connectivity index (χ3n) is 2.82. The minimum atomic E-state index is -3.75. The van der Waals surface area contributed by atoms with Crippen LogP contribution in [0.15, 0.2) is 35.2 Å². The van der Waals surface area contributed by atoms with Crippen molar-refractivity contribution in [1.82, 2.24) is 9.97 Å². The number of sulfonamides is 1. The standard InChI is InChI=1S/C14H20N6O2S/c1-9(2)17-12-8-13(19-14(16-3)18-12)20-23(21,22)11-6-4-10(15)5-7-11/h4-9H,15H2,1-3H3,(H3,16,17,18,19,20). The number of hydrogen-bond acceptors (Lipinski definition) is 7. The van der Waals surface area contributed by atoms with Gasteiger partial charge in [-0.15, -0.1) is 0 Å². The lowest BCUT2D eigenvalue weighted by atomic mass is 10.3. The third-order valence-corrected chi connectivity index (χ3v) is 4.19. The summed E-state index contributed by atoms with van der Waals surface area (Å²) in [5.74, 6) is 1.00. The predicted molar refractivity (Wildman–Crippen MR) is 92.0 cm³/mol. The molecule has 2 rings (SSSR count). The van der Waals surface area contributed by atoms with Crippen molar-refractivity contribution in [3.8, 4) is 0 Å². The van der Waals surface area contributed by atoms with Gasteiger partial charge in [-0.05, 0) is 38.1 Å². The van der Waals surface area contributed by atoms with Crippen molar-refractivity contribution < 1.29 is 8.42 Å². The highest BCUT2D eigenvalue weighted by molar-refractivity contribution is 7.92. The molecule has 124 valence electrons. The summed E-state index contributed by atoms with van der Waals surface area (Å²) < 4.78 is 27.2. The van der Waals surface area contributed by atoms with Crippen LogP contribution < -0.4 is 21.1 Å². The lowest BCUT2D eigenvalue weighted by Gasteiger charge is -2.13. The molecule has 1 aromatic carbocycles. The van der Waals surface area contributed by atoms with Crippen molar-refractivity contribution >= 4 is 33.3 Å². The number of hydrogen-bond donors (Lipinski definition) is 4. The van der Waals surface area contributed by atoms with E-state index in [2.05, 4.69) is 25.3 Å². The molecule has 0 amide bonds. The first-order valence-corrected chi connectivity index (χ1v) is 8.50. The largest absolute Gasteiger partial charge is 0.399 e. The molecule has 8 nitrogen and oxygen atoms in total.